The SMILES string of the molecule is Cl.NCCCOc1ccc2c(c1)C(=O)N(C1CCC(=O)NC1=O)C2=O. The van der Waals surface area contributed by atoms with E-state index in [1.54, 1.807) is 6.07 Å². The number of rotatable bonds is 5. The zero-order valence-electron chi connectivity index (χ0n) is 13.3. The number of nitrogens with zero attached hydrogens (tertiary/aromatic N) is 1. The van der Waals surface area contributed by atoms with Crippen molar-refractivity contribution in [2.75, 3.05) is 13.2 Å². The van der Waals surface area contributed by atoms with Crippen molar-refractivity contribution in [1.29, 1.82) is 0 Å². The molecule has 0 aliphatic carbocycles. The number of benzene rings is 1. The molecule has 2 heterocycles. The van der Waals surface area contributed by atoms with Crippen LogP contribution in [0.5, 0.6) is 5.75 Å². The number of hydrogen-bond donors (Lipinski definition) is 2. The minimum atomic E-state index is -0.961. The van der Waals surface area contributed by atoms with Crippen LogP contribution in [0.15, 0.2) is 18.2 Å². The van der Waals surface area contributed by atoms with Gasteiger partial charge >= 0.3 is 0 Å². The third kappa shape index (κ3) is 3.49. The van der Waals surface area contributed by atoms with Crippen molar-refractivity contribution in [2.24, 2.45) is 5.73 Å². The van der Waals surface area contributed by atoms with Crippen LogP contribution in [0, 0.1) is 0 Å². The number of carbonyl (C=O) groups excluding carboxylic acids is 4. The first-order valence-corrected chi connectivity index (χ1v) is 7.71. The van der Waals surface area contributed by atoms with Gasteiger partial charge in [-0.3, -0.25) is 29.4 Å². The van der Waals surface area contributed by atoms with Crippen LogP contribution >= 0.6 is 12.4 Å². The van der Waals surface area contributed by atoms with Crippen LogP contribution in [0.4, 0.5) is 0 Å². The predicted octanol–water partition coefficient (Wildman–Crippen LogP) is 0.237. The van der Waals surface area contributed by atoms with Crippen LogP contribution in [0.3, 0.4) is 0 Å². The minimum Gasteiger partial charge on any atom is -0.494 e. The van der Waals surface area contributed by atoms with Crippen molar-refractivity contribution in [3.8, 4) is 5.75 Å². The Kier molecular flexibility index (Phi) is 5.76. The number of carbonyl (C=O) groups is 4. The highest BCUT2D eigenvalue weighted by molar-refractivity contribution is 6.23. The first kappa shape index (κ1) is 18.9. The molecule has 0 saturated carbocycles. The molecule has 0 aromatic heterocycles. The van der Waals surface area contributed by atoms with Crippen molar-refractivity contribution in [2.45, 2.75) is 25.3 Å². The number of halogens is 1. The Morgan fingerprint density at radius 3 is 2.56 bits per heavy atom. The van der Waals surface area contributed by atoms with Crippen molar-refractivity contribution in [1.82, 2.24) is 10.2 Å². The molecule has 1 unspecified atom stereocenters. The van der Waals surface area contributed by atoms with Crippen LogP contribution < -0.4 is 15.8 Å². The van der Waals surface area contributed by atoms with E-state index in [-0.39, 0.29) is 36.4 Å². The lowest BCUT2D eigenvalue weighted by molar-refractivity contribution is -0.136. The Morgan fingerprint density at radius 1 is 1.16 bits per heavy atom. The van der Waals surface area contributed by atoms with Gasteiger partial charge in [-0.1, -0.05) is 0 Å². The van der Waals surface area contributed by atoms with Gasteiger partial charge in [-0.2, -0.15) is 0 Å². The number of nitrogens with one attached hydrogen (secondary N) is 1. The Hall–Kier alpha value is -2.45. The van der Waals surface area contributed by atoms with Crippen molar-refractivity contribution >= 4 is 36.0 Å². The zero-order valence-corrected chi connectivity index (χ0v) is 14.1. The molecular weight excluding hydrogens is 350 g/mol. The molecule has 1 aromatic carbocycles. The molecule has 1 aromatic rings. The van der Waals surface area contributed by atoms with E-state index in [2.05, 4.69) is 5.32 Å². The van der Waals surface area contributed by atoms with Gasteiger partial charge in [0, 0.05) is 6.42 Å². The lowest BCUT2D eigenvalue weighted by atomic mass is 10.0. The van der Waals surface area contributed by atoms with E-state index in [0.29, 0.717) is 25.3 Å². The fraction of sp³-hybridized carbons (Fsp3) is 0.375. The van der Waals surface area contributed by atoms with Gasteiger partial charge in [0.1, 0.15) is 11.8 Å². The van der Waals surface area contributed by atoms with Gasteiger partial charge in [0.25, 0.3) is 11.8 Å². The first-order chi connectivity index (χ1) is 11.5. The minimum absolute atomic E-state index is 0. The summed E-state index contributed by atoms with van der Waals surface area (Å²) < 4.78 is 5.49. The van der Waals surface area contributed by atoms with Gasteiger partial charge in [0.15, 0.2) is 0 Å². The maximum Gasteiger partial charge on any atom is 0.262 e. The molecule has 3 rings (SSSR count). The molecule has 2 aliphatic heterocycles. The van der Waals surface area contributed by atoms with Crippen molar-refractivity contribution in [3.05, 3.63) is 29.3 Å². The summed E-state index contributed by atoms with van der Waals surface area (Å²) >= 11 is 0. The summed E-state index contributed by atoms with van der Waals surface area (Å²) in [5, 5.41) is 2.16. The summed E-state index contributed by atoms with van der Waals surface area (Å²) in [5.74, 6) is -1.64. The van der Waals surface area contributed by atoms with Crippen LogP contribution in [-0.2, 0) is 9.59 Å². The normalized spacial score (nSPS) is 19.4. The molecule has 8 nitrogen and oxygen atoms in total. The second-order valence-electron chi connectivity index (χ2n) is 5.65. The maximum absolute atomic E-state index is 12.6. The topological polar surface area (TPSA) is 119 Å². The van der Waals surface area contributed by atoms with Crippen LogP contribution in [0.1, 0.15) is 40.0 Å². The summed E-state index contributed by atoms with van der Waals surface area (Å²) in [6, 6.07) is 3.66. The van der Waals surface area contributed by atoms with Gasteiger partial charge < -0.3 is 10.5 Å². The smallest absolute Gasteiger partial charge is 0.262 e. The number of ether oxygens (including phenoxy) is 1. The predicted molar refractivity (Wildman–Crippen MR) is 89.5 cm³/mol. The van der Waals surface area contributed by atoms with E-state index in [1.165, 1.54) is 12.1 Å². The molecule has 0 bridgehead atoms. The van der Waals surface area contributed by atoms with Gasteiger partial charge in [-0.15, -0.1) is 12.4 Å². The third-order valence-corrected chi connectivity index (χ3v) is 4.03. The average Bonchev–Trinajstić information content (AvgIpc) is 2.80. The van der Waals surface area contributed by atoms with Crippen LogP contribution in [0.25, 0.3) is 0 Å². The quantitative estimate of drug-likeness (QED) is 0.568. The lowest BCUT2D eigenvalue weighted by Gasteiger charge is -2.27. The largest absolute Gasteiger partial charge is 0.494 e. The van der Waals surface area contributed by atoms with E-state index >= 15 is 0 Å². The van der Waals surface area contributed by atoms with E-state index in [1.807, 2.05) is 0 Å². The van der Waals surface area contributed by atoms with E-state index in [4.69, 9.17) is 10.5 Å². The maximum atomic E-state index is 12.6. The highest BCUT2D eigenvalue weighted by Crippen LogP contribution is 2.30. The molecule has 2 aliphatic rings. The standard InChI is InChI=1S/C16H17N3O5.ClH/c17-6-1-7-24-9-2-3-10-11(8-9)16(23)19(15(10)22)12-4-5-13(20)18-14(12)21;/h2-3,8,12H,1,4-7,17H2,(H,18,20,21);1H. The van der Waals surface area contributed by atoms with Crippen molar-refractivity contribution in [3.63, 3.8) is 0 Å². The monoisotopic (exact) mass is 367 g/mol. The highest BCUT2D eigenvalue weighted by Gasteiger charge is 2.44. The third-order valence-electron chi connectivity index (χ3n) is 4.03. The van der Waals surface area contributed by atoms with Gasteiger partial charge in [-0.05, 0) is 37.6 Å². The lowest BCUT2D eigenvalue weighted by Crippen LogP contribution is -2.54. The molecule has 0 radical (unpaired) electrons. The Bertz CT molecular complexity index is 736. The first-order valence-electron chi connectivity index (χ1n) is 7.71. The summed E-state index contributed by atoms with van der Waals surface area (Å²) in [6.07, 6.45) is 0.902. The number of hydrogen-bond acceptors (Lipinski definition) is 6. The molecule has 3 N–H and O–H groups in total. The number of imide groups is 2. The number of amides is 4. The zero-order chi connectivity index (χ0) is 17.3. The van der Waals surface area contributed by atoms with Crippen molar-refractivity contribution < 1.29 is 23.9 Å². The fourth-order valence-electron chi connectivity index (χ4n) is 2.81. The number of fused-ring (bicyclic) bond motifs is 1. The molecule has 1 saturated heterocycles. The summed E-state index contributed by atoms with van der Waals surface area (Å²) in [5.41, 5.74) is 5.84. The van der Waals surface area contributed by atoms with Crippen LogP contribution in [-0.4, -0.2) is 47.7 Å². The van der Waals surface area contributed by atoms with Gasteiger partial charge in [-0.25, -0.2) is 0 Å². The second-order valence-corrected chi connectivity index (χ2v) is 5.65. The molecule has 1 atom stereocenters. The molecule has 1 fully saturated rings. The summed E-state index contributed by atoms with van der Waals surface area (Å²) in [6.45, 7) is 0.903. The molecule has 0 spiro atoms. The summed E-state index contributed by atoms with van der Waals surface area (Å²) in [7, 11) is 0. The number of nitrogens with two attached hydrogens (primary N) is 1. The summed E-state index contributed by atoms with van der Waals surface area (Å²) in [4.78, 5) is 49.2. The Labute approximate surface area is 150 Å². The fourth-order valence-corrected chi connectivity index (χ4v) is 2.81. The molecule has 4 amide bonds. The van der Waals surface area contributed by atoms with E-state index < -0.39 is 29.7 Å². The van der Waals surface area contributed by atoms with E-state index in [9.17, 15) is 19.2 Å². The average molecular weight is 368 g/mol. The van der Waals surface area contributed by atoms with Gasteiger partial charge in [0.05, 0.1) is 17.7 Å². The Morgan fingerprint density at radius 2 is 1.88 bits per heavy atom. The van der Waals surface area contributed by atoms with Gasteiger partial charge in [0.2, 0.25) is 11.8 Å². The molecular formula is C16H18ClN3O5. The Balaban J connectivity index is 0.00000225. The molecule has 25 heavy (non-hydrogen) atoms. The molecule has 9 heteroatoms. The highest BCUT2D eigenvalue weighted by atomic mass is 35.5. The second kappa shape index (κ2) is 7.62. The van der Waals surface area contributed by atoms with E-state index in [0.717, 1.165) is 4.90 Å². The molecule has 134 valence electrons. The van der Waals surface area contributed by atoms with Crippen LogP contribution in [0.2, 0.25) is 0 Å². The number of piperidine rings is 1.